The summed E-state index contributed by atoms with van der Waals surface area (Å²) in [5.74, 6) is 1.89. The van der Waals surface area contributed by atoms with Crippen molar-refractivity contribution in [3.8, 4) is 51.0 Å². The first-order valence-electron chi connectivity index (χ1n) is 20.0. The largest absolute Gasteiger partial charge is 0.309 e. The molecule has 0 aliphatic heterocycles. The molecule has 0 unspecified atom stereocenters. The van der Waals surface area contributed by atoms with Crippen LogP contribution in [0.3, 0.4) is 0 Å². The predicted molar refractivity (Wildman–Crippen MR) is 246 cm³/mol. The molecule has 4 heteroatoms. The molecule has 59 heavy (non-hydrogen) atoms. The van der Waals surface area contributed by atoms with Crippen molar-refractivity contribution in [1.82, 2.24) is 19.5 Å². The lowest BCUT2D eigenvalue weighted by Crippen LogP contribution is -2.02. The molecule has 2 heterocycles. The Hall–Kier alpha value is -7.95. The molecule has 0 atom stereocenters. The van der Waals surface area contributed by atoms with Crippen molar-refractivity contribution in [3.05, 3.63) is 206 Å². The summed E-state index contributed by atoms with van der Waals surface area (Å²) >= 11 is 0. The van der Waals surface area contributed by atoms with Gasteiger partial charge in [-0.3, -0.25) is 0 Å². The van der Waals surface area contributed by atoms with E-state index in [9.17, 15) is 0 Å². The van der Waals surface area contributed by atoms with Crippen molar-refractivity contribution in [2.24, 2.45) is 0 Å². The second-order valence-corrected chi connectivity index (χ2v) is 15.2. The van der Waals surface area contributed by atoms with Crippen LogP contribution in [0.2, 0.25) is 0 Å². The second kappa shape index (κ2) is 13.3. The number of hydrogen-bond acceptors (Lipinski definition) is 3. The summed E-state index contributed by atoms with van der Waals surface area (Å²) in [5.41, 5.74) is 8.53. The molecule has 0 saturated carbocycles. The zero-order valence-corrected chi connectivity index (χ0v) is 31.9. The quantitative estimate of drug-likeness (QED) is 0.165. The van der Waals surface area contributed by atoms with Gasteiger partial charge in [0.05, 0.1) is 16.7 Å². The highest BCUT2D eigenvalue weighted by Crippen LogP contribution is 2.44. The van der Waals surface area contributed by atoms with Gasteiger partial charge in [0.1, 0.15) is 0 Å². The van der Waals surface area contributed by atoms with Crippen molar-refractivity contribution in [2.45, 2.75) is 0 Å². The lowest BCUT2D eigenvalue weighted by atomic mass is 9.91. The van der Waals surface area contributed by atoms with Gasteiger partial charge in [0.15, 0.2) is 17.5 Å². The highest BCUT2D eigenvalue weighted by molar-refractivity contribution is 6.28. The van der Waals surface area contributed by atoms with Gasteiger partial charge in [-0.2, -0.15) is 0 Å². The van der Waals surface area contributed by atoms with Crippen LogP contribution in [0.5, 0.6) is 0 Å². The highest BCUT2D eigenvalue weighted by Gasteiger charge is 2.22. The minimum Gasteiger partial charge on any atom is -0.309 e. The van der Waals surface area contributed by atoms with Crippen LogP contribution in [-0.4, -0.2) is 19.5 Å². The molecular weight excluding hydrogens is 717 g/mol. The lowest BCUT2D eigenvalue weighted by molar-refractivity contribution is 1.07. The normalized spacial score (nSPS) is 11.7. The Balaban J connectivity index is 1.23. The number of nitrogens with zero attached hydrogens (tertiary/aromatic N) is 4. The first kappa shape index (κ1) is 33.2. The summed E-state index contributed by atoms with van der Waals surface area (Å²) in [5, 5.41) is 12.0. The lowest BCUT2D eigenvalue weighted by Gasteiger charge is -2.19. The van der Waals surface area contributed by atoms with Gasteiger partial charge >= 0.3 is 0 Å². The fourth-order valence-electron chi connectivity index (χ4n) is 9.13. The van der Waals surface area contributed by atoms with Crippen molar-refractivity contribution in [1.29, 1.82) is 0 Å². The van der Waals surface area contributed by atoms with Crippen molar-refractivity contribution in [2.75, 3.05) is 0 Å². The van der Waals surface area contributed by atoms with E-state index in [0.29, 0.717) is 17.5 Å². The van der Waals surface area contributed by atoms with Gasteiger partial charge < -0.3 is 4.57 Å². The van der Waals surface area contributed by atoms with Gasteiger partial charge in [0.2, 0.25) is 0 Å². The van der Waals surface area contributed by atoms with E-state index in [2.05, 4.69) is 174 Å². The molecule has 0 radical (unpaired) electrons. The fourth-order valence-corrected chi connectivity index (χ4v) is 9.13. The standard InChI is InChI=1S/C55H34N4/c1-3-17-36(18-4-1)53-56-54(37-19-5-2-6-20-37)58-55(57-53)39-32-48-44-25-10-9-23-42(44)43-24-11-12-27-47(43)52(48)51(34-39)59-49-29-14-13-26-45(49)46-31-30-38(33-50(46)59)41-28-15-21-35-16-7-8-22-40(35)41/h1-34H. The topological polar surface area (TPSA) is 43.6 Å². The highest BCUT2D eigenvalue weighted by atomic mass is 15.0. The van der Waals surface area contributed by atoms with E-state index in [1.807, 2.05) is 36.4 Å². The minimum atomic E-state index is 0.621. The summed E-state index contributed by atoms with van der Waals surface area (Å²) in [4.78, 5) is 15.5. The first-order valence-corrected chi connectivity index (χ1v) is 20.0. The number of benzene rings is 10. The van der Waals surface area contributed by atoms with Crippen molar-refractivity contribution in [3.63, 3.8) is 0 Å². The van der Waals surface area contributed by atoms with Gasteiger partial charge in [0.25, 0.3) is 0 Å². The van der Waals surface area contributed by atoms with E-state index in [0.717, 1.165) is 38.8 Å². The van der Waals surface area contributed by atoms with E-state index in [1.165, 1.54) is 59.6 Å². The molecule has 0 N–H and O–H groups in total. The van der Waals surface area contributed by atoms with Crippen LogP contribution >= 0.6 is 0 Å². The molecule has 12 rings (SSSR count). The molecule has 0 fully saturated rings. The third-order valence-corrected chi connectivity index (χ3v) is 11.8. The van der Waals surface area contributed by atoms with E-state index in [4.69, 9.17) is 15.0 Å². The molecule has 0 spiro atoms. The minimum absolute atomic E-state index is 0.621. The zero-order valence-electron chi connectivity index (χ0n) is 31.9. The van der Waals surface area contributed by atoms with Crippen molar-refractivity contribution < 1.29 is 0 Å². The van der Waals surface area contributed by atoms with Gasteiger partial charge in [-0.05, 0) is 73.1 Å². The van der Waals surface area contributed by atoms with Gasteiger partial charge in [-0.1, -0.05) is 182 Å². The molecule has 0 saturated heterocycles. The van der Waals surface area contributed by atoms with Crippen LogP contribution in [0, 0.1) is 0 Å². The molecule has 12 aromatic rings. The third-order valence-electron chi connectivity index (χ3n) is 11.8. The first-order chi connectivity index (χ1) is 29.3. The molecule has 0 bridgehead atoms. The maximum Gasteiger partial charge on any atom is 0.164 e. The van der Waals surface area contributed by atoms with E-state index in [1.54, 1.807) is 0 Å². The van der Waals surface area contributed by atoms with Crippen LogP contribution < -0.4 is 0 Å². The van der Waals surface area contributed by atoms with Gasteiger partial charge in [-0.25, -0.2) is 15.0 Å². The Kier molecular flexibility index (Phi) is 7.50. The summed E-state index contributed by atoms with van der Waals surface area (Å²) < 4.78 is 2.48. The number of fused-ring (bicyclic) bond motifs is 10. The second-order valence-electron chi connectivity index (χ2n) is 15.2. The smallest absolute Gasteiger partial charge is 0.164 e. The Labute approximate surface area is 340 Å². The maximum absolute atomic E-state index is 5.25. The molecule has 0 amide bonds. The Morgan fingerprint density at radius 1 is 0.288 bits per heavy atom. The molecule has 4 nitrogen and oxygen atoms in total. The number of rotatable bonds is 5. The predicted octanol–water partition coefficient (Wildman–Crippen LogP) is 14.2. The van der Waals surface area contributed by atoms with Gasteiger partial charge in [0, 0.05) is 32.8 Å². The van der Waals surface area contributed by atoms with E-state index in [-0.39, 0.29) is 0 Å². The molecule has 274 valence electrons. The van der Waals surface area contributed by atoms with E-state index < -0.39 is 0 Å². The van der Waals surface area contributed by atoms with Crippen LogP contribution in [-0.2, 0) is 0 Å². The summed E-state index contributed by atoms with van der Waals surface area (Å²) in [6.45, 7) is 0. The Morgan fingerprint density at radius 2 is 0.797 bits per heavy atom. The number of aromatic nitrogens is 4. The average molecular weight is 751 g/mol. The summed E-state index contributed by atoms with van der Waals surface area (Å²) in [6, 6.07) is 73.6. The summed E-state index contributed by atoms with van der Waals surface area (Å²) in [6.07, 6.45) is 0. The molecule has 0 aliphatic rings. The molecular formula is C55H34N4. The number of hydrogen-bond donors (Lipinski definition) is 0. The van der Waals surface area contributed by atoms with Crippen LogP contribution in [0.4, 0.5) is 0 Å². The maximum atomic E-state index is 5.25. The average Bonchev–Trinajstić information content (AvgIpc) is 3.65. The van der Waals surface area contributed by atoms with Crippen molar-refractivity contribution >= 4 is 64.9 Å². The van der Waals surface area contributed by atoms with Gasteiger partial charge in [-0.15, -0.1) is 0 Å². The van der Waals surface area contributed by atoms with E-state index >= 15 is 0 Å². The third kappa shape index (κ3) is 5.34. The molecule has 10 aromatic carbocycles. The number of para-hydroxylation sites is 1. The Bertz CT molecular complexity index is 3540. The molecule has 0 aliphatic carbocycles. The Morgan fingerprint density at radius 3 is 1.49 bits per heavy atom. The van der Waals surface area contributed by atoms with Crippen LogP contribution in [0.1, 0.15) is 0 Å². The SMILES string of the molecule is c1ccc(-c2nc(-c3ccccc3)nc(-c3cc(-n4c5ccccc5c5ccc(-c6cccc7ccccc67)cc54)c4c5ccccc5c5ccccc5c4c3)n2)cc1. The summed E-state index contributed by atoms with van der Waals surface area (Å²) in [7, 11) is 0. The monoisotopic (exact) mass is 750 g/mol. The fraction of sp³-hybridized carbons (Fsp3) is 0. The van der Waals surface area contributed by atoms with Crippen LogP contribution in [0.25, 0.3) is 116 Å². The molecule has 2 aromatic heterocycles. The van der Waals surface area contributed by atoms with Crippen LogP contribution in [0.15, 0.2) is 206 Å². The zero-order chi connectivity index (χ0) is 38.9.